The number of aromatic nitrogens is 2. The monoisotopic (exact) mass is 459 g/mol. The third kappa shape index (κ3) is 5.61. The van der Waals surface area contributed by atoms with E-state index in [0.29, 0.717) is 36.5 Å². The molecule has 33 heavy (non-hydrogen) atoms. The van der Waals surface area contributed by atoms with Crippen LogP contribution in [0.3, 0.4) is 0 Å². The van der Waals surface area contributed by atoms with Crippen molar-refractivity contribution < 1.29 is 14.3 Å². The van der Waals surface area contributed by atoms with E-state index in [1.807, 2.05) is 24.3 Å². The van der Waals surface area contributed by atoms with Crippen LogP contribution in [-0.2, 0) is 28.9 Å². The first-order valence-electron chi connectivity index (χ1n) is 10.4. The zero-order valence-corrected chi connectivity index (χ0v) is 18.5. The molecule has 0 bridgehead atoms. The molecule has 9 heteroatoms. The van der Waals surface area contributed by atoms with Crippen molar-refractivity contribution in [3.8, 4) is 6.07 Å². The predicted molar refractivity (Wildman–Crippen MR) is 124 cm³/mol. The van der Waals surface area contributed by atoms with Crippen LogP contribution in [0.4, 0.5) is 9.80 Å². The molecule has 4 rings (SSSR count). The van der Waals surface area contributed by atoms with Crippen LogP contribution in [0.1, 0.15) is 27.3 Å². The number of fused-ring (bicyclic) bond motifs is 1. The Morgan fingerprint density at radius 2 is 2.18 bits per heavy atom. The molecule has 8 nitrogen and oxygen atoms in total. The lowest BCUT2D eigenvalue weighted by atomic mass is 10.0. The standard InChI is InChI=1S/C24H21N5O3S/c25-14-20-19-8-12-29(24(31)32-13-9-18-5-1-2-11-27-18)16-21(19)33-23(20)28-22(30)7-6-17-4-3-10-26-15-17/h1-7,10-11,15H,8-9,12-13,16H2,(H,28,30)/b7-6+. The molecular formula is C24H21N5O3S. The third-order valence-electron chi connectivity index (χ3n) is 5.09. The summed E-state index contributed by atoms with van der Waals surface area (Å²) < 4.78 is 5.41. The summed E-state index contributed by atoms with van der Waals surface area (Å²) in [6.07, 6.45) is 8.76. The first kappa shape index (κ1) is 22.2. The summed E-state index contributed by atoms with van der Waals surface area (Å²) >= 11 is 1.32. The second-order valence-electron chi connectivity index (χ2n) is 7.29. The van der Waals surface area contributed by atoms with E-state index in [0.717, 1.165) is 21.7 Å². The van der Waals surface area contributed by atoms with Crippen molar-refractivity contribution in [1.82, 2.24) is 14.9 Å². The summed E-state index contributed by atoms with van der Waals surface area (Å²) in [5.41, 5.74) is 3.00. The van der Waals surface area contributed by atoms with Crippen molar-refractivity contribution in [2.75, 3.05) is 18.5 Å². The van der Waals surface area contributed by atoms with Crippen LogP contribution in [0, 0.1) is 11.3 Å². The van der Waals surface area contributed by atoms with E-state index in [4.69, 9.17) is 4.74 Å². The third-order valence-corrected chi connectivity index (χ3v) is 6.22. The number of amides is 2. The van der Waals surface area contributed by atoms with E-state index in [1.165, 1.54) is 17.4 Å². The molecule has 3 aromatic rings. The molecule has 4 heterocycles. The maximum absolute atomic E-state index is 12.5. The summed E-state index contributed by atoms with van der Waals surface area (Å²) in [4.78, 5) is 35.6. The molecule has 1 aliphatic heterocycles. The van der Waals surface area contributed by atoms with Gasteiger partial charge in [0.1, 0.15) is 11.1 Å². The molecule has 0 aromatic carbocycles. The molecule has 0 saturated carbocycles. The second kappa shape index (κ2) is 10.5. The van der Waals surface area contributed by atoms with Gasteiger partial charge in [-0.2, -0.15) is 5.26 Å². The van der Waals surface area contributed by atoms with E-state index >= 15 is 0 Å². The highest BCUT2D eigenvalue weighted by Crippen LogP contribution is 2.36. The number of carbonyl (C=O) groups is 2. The number of rotatable bonds is 6. The minimum absolute atomic E-state index is 0.248. The number of nitrogens with zero attached hydrogens (tertiary/aromatic N) is 4. The molecule has 3 aromatic heterocycles. The van der Waals surface area contributed by atoms with E-state index < -0.39 is 6.09 Å². The topological polar surface area (TPSA) is 108 Å². The van der Waals surface area contributed by atoms with Gasteiger partial charge in [0.2, 0.25) is 5.91 Å². The Kier molecular flexibility index (Phi) is 7.07. The summed E-state index contributed by atoms with van der Waals surface area (Å²) in [6.45, 7) is 1.05. The Morgan fingerprint density at radius 3 is 2.94 bits per heavy atom. The lowest BCUT2D eigenvalue weighted by molar-refractivity contribution is -0.111. The molecule has 0 spiro atoms. The molecular weight excluding hydrogens is 438 g/mol. The molecule has 1 aliphatic rings. The van der Waals surface area contributed by atoms with Gasteiger partial charge in [0.05, 0.1) is 18.7 Å². The molecule has 0 radical (unpaired) electrons. The zero-order valence-electron chi connectivity index (χ0n) is 17.7. The van der Waals surface area contributed by atoms with E-state index in [1.54, 1.807) is 35.6 Å². The number of hydrogen-bond donors (Lipinski definition) is 1. The minimum atomic E-state index is -0.395. The lowest BCUT2D eigenvalue weighted by Crippen LogP contribution is -2.36. The molecule has 0 atom stereocenters. The number of hydrogen-bond acceptors (Lipinski definition) is 7. The molecule has 0 saturated heterocycles. The van der Waals surface area contributed by atoms with Crippen LogP contribution in [-0.4, -0.2) is 40.0 Å². The fourth-order valence-corrected chi connectivity index (χ4v) is 4.66. The largest absolute Gasteiger partial charge is 0.449 e. The first-order valence-corrected chi connectivity index (χ1v) is 11.2. The zero-order chi connectivity index (χ0) is 23.0. The van der Waals surface area contributed by atoms with Gasteiger partial charge in [0.15, 0.2) is 0 Å². The summed E-state index contributed by atoms with van der Waals surface area (Å²) in [5, 5.41) is 12.9. The lowest BCUT2D eigenvalue weighted by Gasteiger charge is -2.26. The number of nitrogens with one attached hydrogen (secondary N) is 1. The van der Waals surface area contributed by atoms with Gasteiger partial charge in [-0.15, -0.1) is 11.3 Å². The fourth-order valence-electron chi connectivity index (χ4n) is 3.45. The van der Waals surface area contributed by atoms with E-state index in [2.05, 4.69) is 21.4 Å². The highest BCUT2D eigenvalue weighted by Gasteiger charge is 2.28. The number of anilines is 1. The average Bonchev–Trinajstić information content (AvgIpc) is 3.20. The highest BCUT2D eigenvalue weighted by molar-refractivity contribution is 7.16. The van der Waals surface area contributed by atoms with Gasteiger partial charge in [0, 0.05) is 48.2 Å². The van der Waals surface area contributed by atoms with Crippen LogP contribution in [0.15, 0.2) is 55.0 Å². The maximum atomic E-state index is 12.5. The average molecular weight is 460 g/mol. The van der Waals surface area contributed by atoms with Crippen molar-refractivity contribution in [2.45, 2.75) is 19.4 Å². The molecule has 0 unspecified atom stereocenters. The number of carbonyl (C=O) groups excluding carboxylic acids is 2. The quantitative estimate of drug-likeness (QED) is 0.562. The van der Waals surface area contributed by atoms with Crippen LogP contribution in [0.5, 0.6) is 0 Å². The van der Waals surface area contributed by atoms with Crippen molar-refractivity contribution in [2.24, 2.45) is 0 Å². The summed E-state index contributed by atoms with van der Waals surface area (Å²) in [5.74, 6) is -0.334. The second-order valence-corrected chi connectivity index (χ2v) is 8.39. The van der Waals surface area contributed by atoms with Gasteiger partial charge >= 0.3 is 6.09 Å². The van der Waals surface area contributed by atoms with Gasteiger partial charge in [0.25, 0.3) is 0 Å². The van der Waals surface area contributed by atoms with Gasteiger partial charge < -0.3 is 15.0 Å². The molecule has 0 fully saturated rings. The highest BCUT2D eigenvalue weighted by atomic mass is 32.1. The van der Waals surface area contributed by atoms with Crippen LogP contribution >= 0.6 is 11.3 Å². The molecule has 166 valence electrons. The molecule has 2 amide bonds. The number of nitriles is 1. The Hall–Kier alpha value is -4.03. The molecule has 0 aliphatic carbocycles. The Balaban J connectivity index is 1.37. The molecule has 1 N–H and O–H groups in total. The number of thiophene rings is 1. The minimum Gasteiger partial charge on any atom is -0.449 e. The van der Waals surface area contributed by atoms with Crippen molar-refractivity contribution in [1.29, 1.82) is 5.26 Å². The van der Waals surface area contributed by atoms with E-state index in [9.17, 15) is 14.9 Å². The van der Waals surface area contributed by atoms with Crippen LogP contribution in [0.2, 0.25) is 0 Å². The van der Waals surface area contributed by atoms with Gasteiger partial charge in [-0.25, -0.2) is 4.79 Å². The van der Waals surface area contributed by atoms with Gasteiger partial charge in [-0.3, -0.25) is 14.8 Å². The van der Waals surface area contributed by atoms with E-state index in [-0.39, 0.29) is 12.5 Å². The first-order chi connectivity index (χ1) is 16.1. The maximum Gasteiger partial charge on any atom is 0.410 e. The van der Waals surface area contributed by atoms with Crippen LogP contribution < -0.4 is 5.32 Å². The Morgan fingerprint density at radius 1 is 1.27 bits per heavy atom. The van der Waals surface area contributed by atoms with Crippen molar-refractivity contribution in [3.05, 3.63) is 82.3 Å². The van der Waals surface area contributed by atoms with Crippen molar-refractivity contribution >= 4 is 34.4 Å². The van der Waals surface area contributed by atoms with Crippen molar-refractivity contribution in [3.63, 3.8) is 0 Å². The Bertz CT molecular complexity index is 1200. The number of pyridine rings is 2. The number of ether oxygens (including phenoxy) is 1. The normalized spacial score (nSPS) is 12.8. The van der Waals surface area contributed by atoms with Crippen LogP contribution in [0.25, 0.3) is 6.08 Å². The smallest absolute Gasteiger partial charge is 0.410 e. The SMILES string of the molecule is N#Cc1c(NC(=O)/C=C/c2cccnc2)sc2c1CCN(C(=O)OCCc1ccccn1)C2. The summed E-state index contributed by atoms with van der Waals surface area (Å²) in [7, 11) is 0. The summed E-state index contributed by atoms with van der Waals surface area (Å²) in [6, 6.07) is 11.4. The predicted octanol–water partition coefficient (Wildman–Crippen LogP) is 3.80. The van der Waals surface area contributed by atoms with Gasteiger partial charge in [-0.1, -0.05) is 12.1 Å². The fraction of sp³-hybridized carbons (Fsp3) is 0.208. The Labute approximate surface area is 195 Å². The van der Waals surface area contributed by atoms with Gasteiger partial charge in [-0.05, 0) is 41.8 Å².